The molecule has 0 radical (unpaired) electrons. The SMILES string of the molecule is C/C=C\n1nc(C(=O)NC2C[C@H]3COC[C@@H](C2)N3Cc2ccc(F)cc2)c2ccccc21. The lowest BCUT2D eigenvalue weighted by molar-refractivity contribution is -0.0843. The van der Waals surface area contributed by atoms with E-state index in [1.807, 2.05) is 55.6 Å². The molecule has 7 heteroatoms. The largest absolute Gasteiger partial charge is 0.378 e. The maximum atomic E-state index is 13.3. The molecular weight excluding hydrogens is 407 g/mol. The molecule has 0 aliphatic carbocycles. The van der Waals surface area contributed by atoms with Crippen LogP contribution in [-0.4, -0.2) is 51.9 Å². The summed E-state index contributed by atoms with van der Waals surface area (Å²) in [6, 6.07) is 15.0. The van der Waals surface area contributed by atoms with E-state index in [9.17, 15) is 9.18 Å². The van der Waals surface area contributed by atoms with Gasteiger partial charge < -0.3 is 10.1 Å². The monoisotopic (exact) mass is 434 g/mol. The lowest BCUT2D eigenvalue weighted by Crippen LogP contribution is -2.60. The molecule has 2 aromatic carbocycles. The summed E-state index contributed by atoms with van der Waals surface area (Å²) in [5.41, 5.74) is 2.45. The van der Waals surface area contributed by atoms with Crippen LogP contribution in [0.25, 0.3) is 17.1 Å². The first kappa shape index (κ1) is 20.8. The molecule has 1 amide bonds. The van der Waals surface area contributed by atoms with E-state index in [4.69, 9.17) is 4.74 Å². The van der Waals surface area contributed by atoms with Crippen molar-refractivity contribution < 1.29 is 13.9 Å². The standard InChI is InChI=1S/C25H27FN4O2/c1-2-11-30-23-6-4-3-5-22(23)24(28-30)25(31)27-19-12-20-15-32-16-21(13-19)29(20)14-17-7-9-18(26)10-8-17/h2-11,19-21H,12-16H2,1H3,(H,27,31)/b11-2-/t19?,20-,21+. The van der Waals surface area contributed by atoms with Gasteiger partial charge in [0.05, 0.1) is 18.7 Å². The average molecular weight is 435 g/mol. The minimum Gasteiger partial charge on any atom is -0.378 e. The van der Waals surface area contributed by atoms with E-state index in [-0.39, 0.29) is 29.8 Å². The van der Waals surface area contributed by atoms with E-state index < -0.39 is 0 Å². The molecule has 166 valence electrons. The Hall–Kier alpha value is -3.03. The van der Waals surface area contributed by atoms with E-state index in [1.165, 1.54) is 12.1 Å². The van der Waals surface area contributed by atoms with Gasteiger partial charge in [-0.2, -0.15) is 5.10 Å². The lowest BCUT2D eigenvalue weighted by Gasteiger charge is -2.48. The second-order valence-electron chi connectivity index (χ2n) is 8.58. The first-order valence-corrected chi connectivity index (χ1v) is 11.1. The Bertz CT molecular complexity index is 1130. The van der Waals surface area contributed by atoms with Gasteiger partial charge in [-0.1, -0.05) is 36.4 Å². The number of piperidine rings is 1. The summed E-state index contributed by atoms with van der Waals surface area (Å²) >= 11 is 0. The molecule has 2 fully saturated rings. The topological polar surface area (TPSA) is 59.4 Å². The number of rotatable bonds is 5. The zero-order valence-electron chi connectivity index (χ0n) is 18.1. The summed E-state index contributed by atoms with van der Waals surface area (Å²) in [6.07, 6.45) is 5.39. The predicted octanol–water partition coefficient (Wildman–Crippen LogP) is 3.83. The lowest BCUT2D eigenvalue weighted by atomic mass is 9.89. The molecule has 0 spiro atoms. The maximum Gasteiger partial charge on any atom is 0.272 e. The summed E-state index contributed by atoms with van der Waals surface area (Å²) in [5, 5.41) is 8.63. The third kappa shape index (κ3) is 4.06. The van der Waals surface area contributed by atoms with Gasteiger partial charge in [-0.15, -0.1) is 0 Å². The average Bonchev–Trinajstić information content (AvgIpc) is 3.15. The van der Waals surface area contributed by atoms with Crippen molar-refractivity contribution in [2.24, 2.45) is 0 Å². The number of carbonyl (C=O) groups excluding carboxylic acids is 1. The van der Waals surface area contributed by atoms with Crippen molar-refractivity contribution in [3.8, 4) is 0 Å². The Labute approximate surface area is 186 Å². The Balaban J connectivity index is 1.31. The molecule has 3 atom stereocenters. The van der Waals surface area contributed by atoms with Gasteiger partial charge in [0.1, 0.15) is 5.82 Å². The Morgan fingerprint density at radius 2 is 1.88 bits per heavy atom. The minimum atomic E-state index is -0.219. The van der Waals surface area contributed by atoms with E-state index >= 15 is 0 Å². The highest BCUT2D eigenvalue weighted by atomic mass is 19.1. The number of nitrogens with one attached hydrogen (secondary N) is 1. The molecule has 1 N–H and O–H groups in total. The molecule has 32 heavy (non-hydrogen) atoms. The number of benzene rings is 2. The highest BCUT2D eigenvalue weighted by molar-refractivity contribution is 6.05. The fourth-order valence-electron chi connectivity index (χ4n) is 4.93. The van der Waals surface area contributed by atoms with Gasteiger partial charge in [0.2, 0.25) is 0 Å². The molecule has 6 nitrogen and oxygen atoms in total. The van der Waals surface area contributed by atoms with Crippen molar-refractivity contribution in [3.05, 3.63) is 71.7 Å². The molecule has 1 unspecified atom stereocenters. The second kappa shape index (κ2) is 8.84. The summed E-state index contributed by atoms with van der Waals surface area (Å²) in [6.45, 7) is 3.97. The number of halogens is 1. The van der Waals surface area contributed by atoms with Gasteiger partial charge in [-0.3, -0.25) is 9.69 Å². The van der Waals surface area contributed by atoms with Crippen LogP contribution in [0.2, 0.25) is 0 Å². The number of amides is 1. The van der Waals surface area contributed by atoms with Crippen LogP contribution in [0.4, 0.5) is 4.39 Å². The molecule has 2 aliphatic rings. The smallest absolute Gasteiger partial charge is 0.272 e. The van der Waals surface area contributed by atoms with Crippen LogP contribution in [0.5, 0.6) is 0 Å². The first-order valence-electron chi connectivity index (χ1n) is 11.1. The number of nitrogens with zero attached hydrogens (tertiary/aromatic N) is 3. The summed E-state index contributed by atoms with van der Waals surface area (Å²) in [4.78, 5) is 15.6. The third-order valence-electron chi connectivity index (χ3n) is 6.40. The van der Waals surface area contributed by atoms with Gasteiger partial charge in [0, 0.05) is 36.3 Å². The zero-order valence-corrected chi connectivity index (χ0v) is 18.1. The molecule has 5 rings (SSSR count). The number of aromatic nitrogens is 2. The van der Waals surface area contributed by atoms with Crippen LogP contribution in [0, 0.1) is 5.82 Å². The highest BCUT2D eigenvalue weighted by Crippen LogP contribution is 2.30. The van der Waals surface area contributed by atoms with Gasteiger partial charge in [-0.05, 0) is 43.5 Å². The number of hydrogen-bond donors (Lipinski definition) is 1. The maximum absolute atomic E-state index is 13.3. The van der Waals surface area contributed by atoms with Gasteiger partial charge in [0.25, 0.3) is 5.91 Å². The molecule has 0 saturated carbocycles. The summed E-state index contributed by atoms with van der Waals surface area (Å²) < 4.78 is 20.8. The van der Waals surface area contributed by atoms with E-state index in [2.05, 4.69) is 15.3 Å². The Morgan fingerprint density at radius 1 is 1.16 bits per heavy atom. The number of carbonyl (C=O) groups is 1. The summed E-state index contributed by atoms with van der Waals surface area (Å²) in [7, 11) is 0. The summed E-state index contributed by atoms with van der Waals surface area (Å²) in [5.74, 6) is -0.358. The number of hydrogen-bond acceptors (Lipinski definition) is 4. The van der Waals surface area contributed by atoms with Crippen LogP contribution >= 0.6 is 0 Å². The van der Waals surface area contributed by atoms with Crippen molar-refractivity contribution in [1.29, 1.82) is 0 Å². The Morgan fingerprint density at radius 3 is 2.59 bits per heavy atom. The predicted molar refractivity (Wildman–Crippen MR) is 122 cm³/mol. The van der Waals surface area contributed by atoms with Crippen molar-refractivity contribution in [2.45, 2.75) is 44.4 Å². The number of allylic oxidation sites excluding steroid dienone is 1. The first-order chi connectivity index (χ1) is 15.6. The van der Waals surface area contributed by atoms with Crippen molar-refractivity contribution in [3.63, 3.8) is 0 Å². The molecule has 2 aliphatic heterocycles. The van der Waals surface area contributed by atoms with Crippen molar-refractivity contribution in [1.82, 2.24) is 20.0 Å². The van der Waals surface area contributed by atoms with Gasteiger partial charge >= 0.3 is 0 Å². The highest BCUT2D eigenvalue weighted by Gasteiger charge is 2.39. The fourth-order valence-corrected chi connectivity index (χ4v) is 4.93. The third-order valence-corrected chi connectivity index (χ3v) is 6.40. The van der Waals surface area contributed by atoms with E-state index in [0.29, 0.717) is 18.9 Å². The fraction of sp³-hybridized carbons (Fsp3) is 0.360. The second-order valence-corrected chi connectivity index (χ2v) is 8.58. The molecule has 3 aromatic rings. The normalized spacial score (nSPS) is 23.6. The molecule has 2 saturated heterocycles. The van der Waals surface area contributed by atoms with Crippen LogP contribution in [0.15, 0.2) is 54.6 Å². The molecule has 2 bridgehead atoms. The van der Waals surface area contributed by atoms with Gasteiger partial charge in [-0.25, -0.2) is 9.07 Å². The molecular formula is C25H27FN4O2. The Kier molecular flexibility index (Phi) is 5.76. The van der Waals surface area contributed by atoms with Gasteiger partial charge in [0.15, 0.2) is 5.69 Å². The van der Waals surface area contributed by atoms with E-state index in [1.54, 1.807) is 4.68 Å². The number of morpholine rings is 1. The molecule has 1 aromatic heterocycles. The van der Waals surface area contributed by atoms with Crippen molar-refractivity contribution >= 4 is 23.0 Å². The minimum absolute atomic E-state index is 0.0662. The number of fused-ring (bicyclic) bond motifs is 3. The number of para-hydroxylation sites is 1. The number of ether oxygens (including phenoxy) is 1. The van der Waals surface area contributed by atoms with Crippen LogP contribution < -0.4 is 5.32 Å². The van der Waals surface area contributed by atoms with Crippen LogP contribution in [0.3, 0.4) is 0 Å². The van der Waals surface area contributed by atoms with E-state index in [0.717, 1.165) is 35.9 Å². The van der Waals surface area contributed by atoms with Crippen LogP contribution in [0.1, 0.15) is 35.8 Å². The van der Waals surface area contributed by atoms with Crippen molar-refractivity contribution in [2.75, 3.05) is 13.2 Å². The van der Waals surface area contributed by atoms with Crippen LogP contribution in [-0.2, 0) is 11.3 Å². The zero-order chi connectivity index (χ0) is 22.1. The molecule has 3 heterocycles. The quantitative estimate of drug-likeness (QED) is 0.663.